The predicted octanol–water partition coefficient (Wildman–Crippen LogP) is 6.35. The van der Waals surface area contributed by atoms with Crippen molar-refractivity contribution in [3.8, 4) is 39.6 Å². The third kappa shape index (κ3) is 4.33. The highest BCUT2D eigenvalue weighted by Gasteiger charge is 2.34. The van der Waals surface area contributed by atoms with Gasteiger partial charge in [-0.2, -0.15) is 0 Å². The van der Waals surface area contributed by atoms with E-state index in [1.165, 1.54) is 12.1 Å². The van der Waals surface area contributed by atoms with E-state index in [0.29, 0.717) is 28.3 Å². The molecule has 37 heavy (non-hydrogen) atoms. The largest absolute Gasteiger partial charge is 0.294 e. The molecule has 0 spiro atoms. The highest BCUT2D eigenvalue weighted by atomic mass is 19.1. The Bertz CT molecular complexity index is 1640. The minimum Gasteiger partial charge on any atom is -0.294 e. The number of imidazole rings is 1. The molecule has 1 aliphatic rings. The maximum atomic E-state index is 14.0. The fourth-order valence-electron chi connectivity index (χ4n) is 4.67. The van der Waals surface area contributed by atoms with Gasteiger partial charge in [0.15, 0.2) is 5.78 Å². The first-order chi connectivity index (χ1) is 17.9. The highest BCUT2D eigenvalue weighted by Crippen LogP contribution is 2.35. The van der Waals surface area contributed by atoms with E-state index in [2.05, 4.69) is 9.97 Å². The van der Waals surface area contributed by atoms with Gasteiger partial charge >= 0.3 is 0 Å². The lowest BCUT2D eigenvalue weighted by atomic mass is 9.75. The van der Waals surface area contributed by atoms with Gasteiger partial charge in [0, 0.05) is 46.3 Å². The summed E-state index contributed by atoms with van der Waals surface area (Å²) in [4.78, 5) is 31.2. The lowest BCUT2D eigenvalue weighted by molar-refractivity contribution is 0.0809. The van der Waals surface area contributed by atoms with Crippen molar-refractivity contribution in [3.63, 3.8) is 0 Å². The molecule has 0 unspecified atom stereocenters. The molecule has 0 radical (unpaired) electrons. The van der Waals surface area contributed by atoms with Gasteiger partial charge in [-0.25, -0.2) is 19.3 Å². The van der Waals surface area contributed by atoms with Crippen molar-refractivity contribution in [1.29, 1.82) is 0 Å². The first-order valence-electron chi connectivity index (χ1n) is 12.2. The summed E-state index contributed by atoms with van der Waals surface area (Å²) in [5.41, 5.74) is 5.62. The minimum absolute atomic E-state index is 0.142. The van der Waals surface area contributed by atoms with Crippen LogP contribution in [-0.4, -0.2) is 30.3 Å². The number of fused-ring (bicyclic) bond motifs is 1. The molecule has 7 heteroatoms. The Hall–Kier alpha value is -4.52. The molecule has 4 aromatic heterocycles. The molecule has 0 bridgehead atoms. The molecule has 182 valence electrons. The molecule has 0 fully saturated rings. The number of aryl methyl sites for hydroxylation is 1. The van der Waals surface area contributed by atoms with E-state index in [0.717, 1.165) is 35.4 Å². The van der Waals surface area contributed by atoms with Gasteiger partial charge in [0.25, 0.3) is 0 Å². The molecule has 0 atom stereocenters. The van der Waals surface area contributed by atoms with Crippen LogP contribution in [0, 0.1) is 11.2 Å². The van der Waals surface area contributed by atoms with Gasteiger partial charge in [0.05, 0.1) is 22.8 Å². The SMILES string of the molecule is CC1(C)CCc2nc(-n3cnc(-c4cc(-c5cccnc5)nc(-c5cccc(F)c5)c4)c3)ccc2C1=O. The Morgan fingerprint density at radius 3 is 2.49 bits per heavy atom. The number of hydrogen-bond acceptors (Lipinski definition) is 5. The maximum absolute atomic E-state index is 14.0. The van der Waals surface area contributed by atoms with Gasteiger partial charge in [-0.15, -0.1) is 0 Å². The van der Waals surface area contributed by atoms with Crippen LogP contribution in [0.5, 0.6) is 0 Å². The summed E-state index contributed by atoms with van der Waals surface area (Å²) in [6.45, 7) is 3.97. The third-order valence-electron chi connectivity index (χ3n) is 6.85. The number of aromatic nitrogens is 5. The molecule has 1 aromatic carbocycles. The van der Waals surface area contributed by atoms with Gasteiger partial charge in [-0.1, -0.05) is 26.0 Å². The summed E-state index contributed by atoms with van der Waals surface area (Å²) in [6, 6.07) is 17.8. The van der Waals surface area contributed by atoms with Crippen molar-refractivity contribution < 1.29 is 9.18 Å². The van der Waals surface area contributed by atoms with Crippen molar-refractivity contribution >= 4 is 5.78 Å². The number of Topliss-reactive ketones (excluding diaryl/α,β-unsaturated/α-hetero) is 1. The van der Waals surface area contributed by atoms with Crippen LogP contribution in [0.4, 0.5) is 4.39 Å². The van der Waals surface area contributed by atoms with Crippen LogP contribution in [0.25, 0.3) is 39.6 Å². The monoisotopic (exact) mass is 489 g/mol. The van der Waals surface area contributed by atoms with Crippen LogP contribution < -0.4 is 0 Å². The van der Waals surface area contributed by atoms with Crippen molar-refractivity contribution in [2.75, 3.05) is 0 Å². The van der Waals surface area contributed by atoms with E-state index in [1.54, 1.807) is 24.8 Å². The van der Waals surface area contributed by atoms with Crippen molar-refractivity contribution in [2.45, 2.75) is 26.7 Å². The molecule has 4 heterocycles. The van der Waals surface area contributed by atoms with Crippen LogP contribution in [-0.2, 0) is 6.42 Å². The minimum atomic E-state index is -0.356. The zero-order valence-electron chi connectivity index (χ0n) is 20.5. The van der Waals surface area contributed by atoms with Gasteiger partial charge < -0.3 is 0 Å². The van der Waals surface area contributed by atoms with Gasteiger partial charge in [0.1, 0.15) is 18.0 Å². The summed E-state index contributed by atoms with van der Waals surface area (Å²) in [5, 5.41) is 0. The van der Waals surface area contributed by atoms with Crippen LogP contribution in [0.15, 0.2) is 85.6 Å². The molecule has 0 saturated carbocycles. The summed E-state index contributed by atoms with van der Waals surface area (Å²) in [7, 11) is 0. The molecular weight excluding hydrogens is 465 g/mol. The Balaban J connectivity index is 1.41. The molecule has 0 N–H and O–H groups in total. The summed E-state index contributed by atoms with van der Waals surface area (Å²) in [5.74, 6) is 0.526. The number of rotatable bonds is 4. The Morgan fingerprint density at radius 2 is 1.70 bits per heavy atom. The molecule has 6 rings (SSSR count). The Labute approximate surface area is 213 Å². The number of carbonyl (C=O) groups is 1. The van der Waals surface area contributed by atoms with E-state index < -0.39 is 0 Å². The molecular formula is C30H24FN5O. The summed E-state index contributed by atoms with van der Waals surface area (Å²) >= 11 is 0. The van der Waals surface area contributed by atoms with Crippen molar-refractivity contribution in [2.24, 2.45) is 5.41 Å². The second-order valence-corrected chi connectivity index (χ2v) is 9.92. The third-order valence-corrected chi connectivity index (χ3v) is 6.85. The Kier molecular flexibility index (Phi) is 5.48. The molecule has 5 aromatic rings. The first kappa shape index (κ1) is 22.9. The summed E-state index contributed by atoms with van der Waals surface area (Å²) in [6.07, 6.45) is 8.62. The van der Waals surface area contributed by atoms with E-state index in [4.69, 9.17) is 9.97 Å². The molecule has 0 saturated heterocycles. The summed E-state index contributed by atoms with van der Waals surface area (Å²) < 4.78 is 15.8. The number of carbonyl (C=O) groups excluding carboxylic acids is 1. The lowest BCUT2D eigenvalue weighted by Crippen LogP contribution is -2.31. The predicted molar refractivity (Wildman–Crippen MR) is 140 cm³/mol. The number of benzene rings is 1. The topological polar surface area (TPSA) is 73.6 Å². The van der Waals surface area contributed by atoms with Gasteiger partial charge in [-0.3, -0.25) is 14.3 Å². The molecule has 0 amide bonds. The smallest absolute Gasteiger partial charge is 0.170 e. The van der Waals surface area contributed by atoms with E-state index >= 15 is 0 Å². The maximum Gasteiger partial charge on any atom is 0.170 e. The van der Waals surface area contributed by atoms with Gasteiger partial charge in [-0.05, 0) is 61.4 Å². The van der Waals surface area contributed by atoms with Crippen LogP contribution in [0.2, 0.25) is 0 Å². The highest BCUT2D eigenvalue weighted by molar-refractivity contribution is 6.02. The Morgan fingerprint density at radius 1 is 0.892 bits per heavy atom. The average Bonchev–Trinajstić information content (AvgIpc) is 3.42. The molecule has 1 aliphatic carbocycles. The number of halogens is 1. The van der Waals surface area contributed by atoms with Crippen LogP contribution >= 0.6 is 0 Å². The lowest BCUT2D eigenvalue weighted by Gasteiger charge is -2.29. The van der Waals surface area contributed by atoms with Crippen molar-refractivity contribution in [1.82, 2.24) is 24.5 Å². The van der Waals surface area contributed by atoms with E-state index in [-0.39, 0.29) is 17.0 Å². The second-order valence-electron chi connectivity index (χ2n) is 9.92. The van der Waals surface area contributed by atoms with E-state index in [1.807, 2.05) is 67.1 Å². The quantitative estimate of drug-likeness (QED) is 0.294. The zero-order valence-corrected chi connectivity index (χ0v) is 20.5. The molecule has 6 nitrogen and oxygen atoms in total. The van der Waals surface area contributed by atoms with Crippen molar-refractivity contribution in [3.05, 3.63) is 103 Å². The van der Waals surface area contributed by atoms with E-state index in [9.17, 15) is 9.18 Å². The number of nitrogens with zero attached hydrogens (tertiary/aromatic N) is 5. The number of hydrogen-bond donors (Lipinski definition) is 0. The zero-order chi connectivity index (χ0) is 25.6. The molecule has 0 aliphatic heterocycles. The van der Waals surface area contributed by atoms with Crippen LogP contribution in [0.3, 0.4) is 0 Å². The fourth-order valence-corrected chi connectivity index (χ4v) is 4.67. The standard InChI is InChI=1S/C30H24FN5O/c1-30(2)11-10-24-23(29(30)37)8-9-28(35-24)36-17-27(33-18-36)21-14-25(19-5-3-7-22(31)13-19)34-26(15-21)20-6-4-12-32-16-20/h3-9,12-18H,10-11H2,1-2H3. The first-order valence-corrected chi connectivity index (χ1v) is 12.2. The average molecular weight is 490 g/mol. The second kappa shape index (κ2) is 8.85. The fraction of sp³-hybridized carbons (Fsp3) is 0.167. The number of pyridine rings is 3. The normalized spacial score (nSPS) is 14.4. The van der Waals surface area contributed by atoms with Crippen LogP contribution in [0.1, 0.15) is 36.3 Å². The van der Waals surface area contributed by atoms with Gasteiger partial charge in [0.2, 0.25) is 0 Å². The number of ketones is 1.